The summed E-state index contributed by atoms with van der Waals surface area (Å²) in [5, 5.41) is 3.27. The van der Waals surface area contributed by atoms with Crippen molar-refractivity contribution in [2.45, 2.75) is 26.1 Å². The lowest BCUT2D eigenvalue weighted by atomic mass is 10.1. The Balaban J connectivity index is 1.66. The molecule has 1 heterocycles. The lowest BCUT2D eigenvalue weighted by Crippen LogP contribution is -2.21. The minimum absolute atomic E-state index is 0.183. The van der Waals surface area contributed by atoms with Gasteiger partial charge in [-0.15, -0.1) is 0 Å². The van der Waals surface area contributed by atoms with E-state index in [4.69, 9.17) is 0 Å². The average Bonchev–Trinajstić information content (AvgIpc) is 3.00. The van der Waals surface area contributed by atoms with Crippen molar-refractivity contribution in [3.05, 3.63) is 89.5 Å². The van der Waals surface area contributed by atoms with Crippen molar-refractivity contribution >= 4 is 0 Å². The summed E-state index contributed by atoms with van der Waals surface area (Å²) >= 11 is 0. The van der Waals surface area contributed by atoms with E-state index in [2.05, 4.69) is 27.0 Å². The zero-order chi connectivity index (χ0) is 16.9. The van der Waals surface area contributed by atoms with Gasteiger partial charge in [-0.3, -0.25) is 0 Å². The van der Waals surface area contributed by atoms with Gasteiger partial charge in [-0.2, -0.15) is 0 Å². The van der Waals surface area contributed by atoms with Crippen molar-refractivity contribution in [1.29, 1.82) is 0 Å². The average molecular weight is 327 g/mol. The normalized spacial score (nSPS) is 12.3. The van der Waals surface area contributed by atoms with Crippen molar-refractivity contribution in [3.8, 4) is 0 Å². The van der Waals surface area contributed by atoms with Crippen LogP contribution in [0.1, 0.15) is 29.9 Å². The number of benzene rings is 2. The van der Waals surface area contributed by atoms with Crippen LogP contribution in [-0.2, 0) is 13.1 Å². The van der Waals surface area contributed by atoms with E-state index in [0.29, 0.717) is 12.1 Å². The van der Waals surface area contributed by atoms with E-state index in [9.17, 15) is 8.78 Å². The molecule has 3 nitrogen and oxygen atoms in total. The molecule has 5 heteroatoms. The van der Waals surface area contributed by atoms with Gasteiger partial charge < -0.3 is 9.88 Å². The maximum atomic E-state index is 13.3. The van der Waals surface area contributed by atoms with Crippen molar-refractivity contribution in [2.24, 2.45) is 0 Å². The first-order valence-electron chi connectivity index (χ1n) is 7.85. The highest BCUT2D eigenvalue weighted by Gasteiger charge is 2.10. The summed E-state index contributed by atoms with van der Waals surface area (Å²) in [7, 11) is 0. The maximum Gasteiger partial charge on any atom is 0.126 e. The standard InChI is InChI=1S/C19H19F2N3/c1-14(16-9-17(20)11-18(21)10-16)23-12-19-22-7-8-24(19)13-15-5-3-2-4-6-15/h2-11,14,23H,12-13H2,1H3. The summed E-state index contributed by atoms with van der Waals surface area (Å²) in [6.45, 7) is 3.12. The van der Waals surface area contributed by atoms with E-state index in [1.165, 1.54) is 17.7 Å². The maximum absolute atomic E-state index is 13.3. The third-order valence-corrected chi connectivity index (χ3v) is 3.95. The number of imidazole rings is 1. The Bertz CT molecular complexity index is 779. The summed E-state index contributed by atoms with van der Waals surface area (Å²) in [6, 6.07) is 13.5. The molecular formula is C19H19F2N3. The fraction of sp³-hybridized carbons (Fsp3) is 0.211. The molecule has 2 aromatic carbocycles. The second-order valence-corrected chi connectivity index (χ2v) is 5.76. The minimum Gasteiger partial charge on any atom is -0.329 e. The summed E-state index contributed by atoms with van der Waals surface area (Å²) in [5.74, 6) is -0.254. The highest BCUT2D eigenvalue weighted by atomic mass is 19.1. The summed E-state index contributed by atoms with van der Waals surface area (Å²) in [6.07, 6.45) is 3.68. The Labute approximate surface area is 140 Å². The van der Waals surface area contributed by atoms with E-state index < -0.39 is 11.6 Å². The Morgan fingerprint density at radius 3 is 2.50 bits per heavy atom. The predicted octanol–water partition coefficient (Wildman–Crippen LogP) is 4.06. The third kappa shape index (κ3) is 4.06. The zero-order valence-electron chi connectivity index (χ0n) is 13.4. The van der Waals surface area contributed by atoms with Crippen molar-refractivity contribution in [3.63, 3.8) is 0 Å². The molecule has 1 N–H and O–H groups in total. The van der Waals surface area contributed by atoms with Crippen LogP contribution < -0.4 is 5.32 Å². The zero-order valence-corrected chi connectivity index (χ0v) is 13.4. The van der Waals surface area contributed by atoms with Gasteiger partial charge in [0.1, 0.15) is 17.5 Å². The second-order valence-electron chi connectivity index (χ2n) is 5.76. The Hall–Kier alpha value is -2.53. The number of aromatic nitrogens is 2. The van der Waals surface area contributed by atoms with Gasteiger partial charge in [-0.25, -0.2) is 13.8 Å². The molecule has 124 valence electrons. The third-order valence-electron chi connectivity index (χ3n) is 3.95. The molecule has 3 aromatic rings. The van der Waals surface area contributed by atoms with Crippen molar-refractivity contribution in [1.82, 2.24) is 14.9 Å². The van der Waals surface area contributed by atoms with E-state index in [0.717, 1.165) is 18.4 Å². The van der Waals surface area contributed by atoms with Crippen LogP contribution in [0, 0.1) is 11.6 Å². The molecule has 24 heavy (non-hydrogen) atoms. The summed E-state index contributed by atoms with van der Waals surface area (Å²) in [4.78, 5) is 4.37. The fourth-order valence-electron chi connectivity index (χ4n) is 2.62. The molecule has 0 spiro atoms. The van der Waals surface area contributed by atoms with E-state index in [-0.39, 0.29) is 6.04 Å². The van der Waals surface area contributed by atoms with Gasteiger partial charge in [-0.1, -0.05) is 30.3 Å². The molecule has 1 atom stereocenters. The Morgan fingerprint density at radius 2 is 1.79 bits per heavy atom. The summed E-state index contributed by atoms with van der Waals surface area (Å²) in [5.41, 5.74) is 1.77. The molecule has 0 aliphatic rings. The van der Waals surface area contributed by atoms with Crippen LogP contribution in [0.4, 0.5) is 8.78 Å². The van der Waals surface area contributed by atoms with Crippen LogP contribution in [0.2, 0.25) is 0 Å². The van der Waals surface area contributed by atoms with Crippen LogP contribution in [0.15, 0.2) is 60.9 Å². The first-order chi connectivity index (χ1) is 11.6. The van der Waals surface area contributed by atoms with Crippen LogP contribution in [0.3, 0.4) is 0 Å². The van der Waals surface area contributed by atoms with E-state index in [1.54, 1.807) is 6.20 Å². The van der Waals surface area contributed by atoms with Gasteiger partial charge in [0, 0.05) is 31.0 Å². The molecule has 0 amide bonds. The second kappa shape index (κ2) is 7.36. The molecule has 3 rings (SSSR count). The molecule has 0 bridgehead atoms. The Kier molecular flexibility index (Phi) is 5.01. The molecule has 0 saturated carbocycles. The lowest BCUT2D eigenvalue weighted by molar-refractivity contribution is 0.528. The number of halogens is 2. The number of hydrogen-bond donors (Lipinski definition) is 1. The molecule has 0 radical (unpaired) electrons. The molecule has 0 aliphatic carbocycles. The van der Waals surface area contributed by atoms with Gasteiger partial charge in [0.05, 0.1) is 6.54 Å². The first-order valence-corrected chi connectivity index (χ1v) is 7.85. The van der Waals surface area contributed by atoms with Gasteiger partial charge >= 0.3 is 0 Å². The topological polar surface area (TPSA) is 29.9 Å². The number of rotatable bonds is 6. The smallest absolute Gasteiger partial charge is 0.126 e. The van der Waals surface area contributed by atoms with E-state index in [1.807, 2.05) is 31.3 Å². The lowest BCUT2D eigenvalue weighted by Gasteiger charge is -2.15. The van der Waals surface area contributed by atoms with Gasteiger partial charge in [-0.05, 0) is 30.2 Å². The van der Waals surface area contributed by atoms with Crippen LogP contribution >= 0.6 is 0 Å². The molecule has 0 fully saturated rings. The van der Waals surface area contributed by atoms with Crippen LogP contribution in [0.5, 0.6) is 0 Å². The quantitative estimate of drug-likeness (QED) is 0.740. The van der Waals surface area contributed by atoms with E-state index >= 15 is 0 Å². The largest absolute Gasteiger partial charge is 0.329 e. The highest BCUT2D eigenvalue weighted by molar-refractivity contribution is 5.21. The molecule has 0 saturated heterocycles. The summed E-state index contributed by atoms with van der Waals surface area (Å²) < 4.78 is 28.7. The van der Waals surface area contributed by atoms with Gasteiger partial charge in [0.25, 0.3) is 0 Å². The first kappa shape index (κ1) is 16.3. The van der Waals surface area contributed by atoms with Gasteiger partial charge in [0.2, 0.25) is 0 Å². The molecule has 1 unspecified atom stereocenters. The van der Waals surface area contributed by atoms with Gasteiger partial charge in [0.15, 0.2) is 0 Å². The van der Waals surface area contributed by atoms with Crippen LogP contribution in [-0.4, -0.2) is 9.55 Å². The van der Waals surface area contributed by atoms with Crippen molar-refractivity contribution in [2.75, 3.05) is 0 Å². The molecule has 1 aromatic heterocycles. The number of hydrogen-bond acceptors (Lipinski definition) is 2. The SMILES string of the molecule is CC(NCc1nccn1Cc1ccccc1)c1cc(F)cc(F)c1. The fourth-order valence-corrected chi connectivity index (χ4v) is 2.62. The monoisotopic (exact) mass is 327 g/mol. The predicted molar refractivity (Wildman–Crippen MR) is 89.4 cm³/mol. The molecule has 0 aliphatic heterocycles. The Morgan fingerprint density at radius 1 is 1.08 bits per heavy atom. The minimum atomic E-state index is -0.566. The van der Waals surface area contributed by atoms with Crippen LogP contribution in [0.25, 0.3) is 0 Å². The molecular weight excluding hydrogens is 308 g/mol. The van der Waals surface area contributed by atoms with Crippen molar-refractivity contribution < 1.29 is 8.78 Å². The highest BCUT2D eigenvalue weighted by Crippen LogP contribution is 2.16. The number of nitrogens with one attached hydrogen (secondary N) is 1. The number of nitrogens with zero attached hydrogens (tertiary/aromatic N) is 2.